The van der Waals surface area contributed by atoms with Gasteiger partial charge in [0.1, 0.15) is 18.4 Å². The van der Waals surface area contributed by atoms with Crippen LogP contribution in [-0.4, -0.2) is 55.5 Å². The molecule has 0 bridgehead atoms. The molecular formula is C11H15FN2O6. The van der Waals surface area contributed by atoms with Crippen LogP contribution >= 0.6 is 0 Å². The standard InChI is InChI=1S/C11H15FN2O6/c1-10(19)7(17)11(4-12,5-15)20-8(10)14-3-2-6(16)13-9(14)18/h2-3,7-8,15,17,19H,4-5H2,1H3,(H,13,16,18)/t7?,8-,10-,11-/m1/s1. The highest BCUT2D eigenvalue weighted by atomic mass is 19.1. The molecule has 2 rings (SSSR count). The van der Waals surface area contributed by atoms with Crippen LogP contribution < -0.4 is 11.2 Å². The van der Waals surface area contributed by atoms with Crippen LogP contribution in [0.3, 0.4) is 0 Å². The highest BCUT2D eigenvalue weighted by Gasteiger charge is 2.61. The minimum absolute atomic E-state index is 0.650. The quantitative estimate of drug-likeness (QED) is 0.504. The molecule has 1 aliphatic heterocycles. The topological polar surface area (TPSA) is 125 Å². The maximum absolute atomic E-state index is 13.1. The summed E-state index contributed by atoms with van der Waals surface area (Å²) in [4.78, 5) is 24.6. The molecule has 0 spiro atoms. The first kappa shape index (κ1) is 14.9. The van der Waals surface area contributed by atoms with Gasteiger partial charge in [0.2, 0.25) is 0 Å². The Morgan fingerprint density at radius 2 is 2.20 bits per heavy atom. The highest BCUT2D eigenvalue weighted by molar-refractivity contribution is 5.08. The number of hydrogen-bond donors (Lipinski definition) is 4. The van der Waals surface area contributed by atoms with E-state index in [0.717, 1.165) is 23.8 Å². The predicted octanol–water partition coefficient (Wildman–Crippen LogP) is -2.12. The van der Waals surface area contributed by atoms with E-state index in [1.54, 1.807) is 0 Å². The maximum Gasteiger partial charge on any atom is 0.330 e. The van der Waals surface area contributed by atoms with Gasteiger partial charge in [-0.3, -0.25) is 14.3 Å². The summed E-state index contributed by atoms with van der Waals surface area (Å²) in [5, 5.41) is 29.5. The number of hydrogen-bond acceptors (Lipinski definition) is 6. The van der Waals surface area contributed by atoms with E-state index in [1.807, 2.05) is 4.98 Å². The number of aliphatic hydroxyl groups is 3. The maximum atomic E-state index is 13.1. The average Bonchev–Trinajstić information content (AvgIpc) is 2.60. The number of rotatable bonds is 3. The van der Waals surface area contributed by atoms with Crippen molar-refractivity contribution in [3.05, 3.63) is 33.1 Å². The molecule has 1 saturated heterocycles. The van der Waals surface area contributed by atoms with Gasteiger partial charge in [0, 0.05) is 12.3 Å². The van der Waals surface area contributed by atoms with Crippen LogP contribution in [-0.2, 0) is 4.74 Å². The Kier molecular flexibility index (Phi) is 3.54. The van der Waals surface area contributed by atoms with Crippen molar-refractivity contribution >= 4 is 0 Å². The van der Waals surface area contributed by atoms with Gasteiger partial charge in [0.25, 0.3) is 5.56 Å². The first-order valence-electron chi connectivity index (χ1n) is 5.85. The van der Waals surface area contributed by atoms with Gasteiger partial charge in [0.05, 0.1) is 6.61 Å². The number of ether oxygens (including phenoxy) is 1. The van der Waals surface area contributed by atoms with Gasteiger partial charge in [0.15, 0.2) is 11.8 Å². The zero-order chi connectivity index (χ0) is 15.1. The van der Waals surface area contributed by atoms with Crippen LogP contribution in [0.2, 0.25) is 0 Å². The van der Waals surface area contributed by atoms with E-state index in [1.165, 1.54) is 0 Å². The fourth-order valence-electron chi connectivity index (χ4n) is 2.29. The lowest BCUT2D eigenvalue weighted by molar-refractivity contribution is -0.140. The summed E-state index contributed by atoms with van der Waals surface area (Å²) in [7, 11) is 0. The van der Waals surface area contributed by atoms with Crippen LogP contribution in [0, 0.1) is 0 Å². The van der Waals surface area contributed by atoms with E-state index >= 15 is 0 Å². The molecule has 0 saturated carbocycles. The largest absolute Gasteiger partial charge is 0.393 e. The van der Waals surface area contributed by atoms with E-state index < -0.39 is 48.1 Å². The van der Waals surface area contributed by atoms with Crippen molar-refractivity contribution in [1.82, 2.24) is 9.55 Å². The number of aromatic nitrogens is 2. The Morgan fingerprint density at radius 1 is 1.55 bits per heavy atom. The third-order valence-corrected chi connectivity index (χ3v) is 3.50. The van der Waals surface area contributed by atoms with E-state index in [2.05, 4.69) is 0 Å². The Labute approximate surface area is 112 Å². The minimum atomic E-state index is -2.03. The van der Waals surface area contributed by atoms with Gasteiger partial charge >= 0.3 is 5.69 Å². The molecule has 1 aromatic rings. The van der Waals surface area contributed by atoms with Crippen molar-refractivity contribution in [1.29, 1.82) is 0 Å². The van der Waals surface area contributed by atoms with Crippen LogP contribution in [0.25, 0.3) is 0 Å². The monoisotopic (exact) mass is 290 g/mol. The average molecular weight is 290 g/mol. The van der Waals surface area contributed by atoms with Crippen molar-refractivity contribution in [3.8, 4) is 0 Å². The van der Waals surface area contributed by atoms with E-state index in [9.17, 15) is 29.3 Å². The Morgan fingerprint density at radius 3 is 2.65 bits per heavy atom. The highest BCUT2D eigenvalue weighted by Crippen LogP contribution is 2.43. The Hall–Kier alpha value is -1.55. The van der Waals surface area contributed by atoms with Crippen molar-refractivity contribution in [2.24, 2.45) is 0 Å². The van der Waals surface area contributed by atoms with Gasteiger partial charge in [-0.25, -0.2) is 9.18 Å². The van der Waals surface area contributed by atoms with Gasteiger partial charge in [-0.1, -0.05) is 0 Å². The lowest BCUT2D eigenvalue weighted by Gasteiger charge is -2.29. The summed E-state index contributed by atoms with van der Waals surface area (Å²) in [5.41, 5.74) is -5.59. The second kappa shape index (κ2) is 4.77. The number of alkyl halides is 1. The zero-order valence-electron chi connectivity index (χ0n) is 10.6. The number of aromatic amines is 1. The van der Waals surface area contributed by atoms with Crippen molar-refractivity contribution in [3.63, 3.8) is 0 Å². The molecule has 1 aliphatic rings. The number of nitrogens with zero attached hydrogens (tertiary/aromatic N) is 1. The third-order valence-electron chi connectivity index (χ3n) is 3.50. The molecule has 112 valence electrons. The van der Waals surface area contributed by atoms with Crippen LogP contribution in [0.1, 0.15) is 13.2 Å². The van der Waals surface area contributed by atoms with Crippen LogP contribution in [0.15, 0.2) is 21.9 Å². The molecule has 1 unspecified atom stereocenters. The van der Waals surface area contributed by atoms with Crippen molar-refractivity contribution < 1.29 is 24.4 Å². The van der Waals surface area contributed by atoms with E-state index in [-0.39, 0.29) is 0 Å². The molecule has 8 nitrogen and oxygen atoms in total. The number of H-pyrrole nitrogens is 1. The molecule has 0 aliphatic carbocycles. The lowest BCUT2D eigenvalue weighted by atomic mass is 9.88. The van der Waals surface area contributed by atoms with Crippen molar-refractivity contribution in [2.75, 3.05) is 13.3 Å². The molecule has 1 aromatic heterocycles. The molecule has 0 radical (unpaired) electrons. The van der Waals surface area contributed by atoms with Gasteiger partial charge in [-0.15, -0.1) is 0 Å². The lowest BCUT2D eigenvalue weighted by Crippen LogP contribution is -2.53. The fraction of sp³-hybridized carbons (Fsp3) is 0.636. The summed E-state index contributed by atoms with van der Waals surface area (Å²) in [6.07, 6.45) is -2.16. The van der Waals surface area contributed by atoms with Gasteiger partial charge < -0.3 is 20.1 Å². The molecule has 1 fully saturated rings. The Balaban J connectivity index is 2.52. The van der Waals surface area contributed by atoms with Gasteiger partial charge in [-0.2, -0.15) is 0 Å². The summed E-state index contributed by atoms with van der Waals surface area (Å²) >= 11 is 0. The zero-order valence-corrected chi connectivity index (χ0v) is 10.6. The first-order chi connectivity index (χ1) is 9.28. The Bertz CT molecular complexity index is 605. The molecule has 9 heteroatoms. The number of nitrogens with one attached hydrogen (secondary N) is 1. The molecule has 4 atom stereocenters. The van der Waals surface area contributed by atoms with Crippen LogP contribution in [0.4, 0.5) is 4.39 Å². The van der Waals surface area contributed by atoms with E-state index in [4.69, 9.17) is 4.74 Å². The van der Waals surface area contributed by atoms with Gasteiger partial charge in [-0.05, 0) is 6.92 Å². The third kappa shape index (κ3) is 1.99. The smallest absolute Gasteiger partial charge is 0.330 e. The summed E-state index contributed by atoms with van der Waals surface area (Å²) in [6.45, 7) is -0.988. The second-order valence-corrected chi connectivity index (χ2v) is 4.97. The predicted molar refractivity (Wildman–Crippen MR) is 63.9 cm³/mol. The first-order valence-corrected chi connectivity index (χ1v) is 5.85. The number of halogens is 1. The SMILES string of the molecule is C[C@@]1(O)C(O)[C@](CO)(CF)O[C@H]1n1ccc(=O)[nH]c1=O. The molecule has 0 amide bonds. The van der Waals surface area contributed by atoms with E-state index in [0.29, 0.717) is 0 Å². The normalized spacial score (nSPS) is 37.2. The molecule has 0 aromatic carbocycles. The molecular weight excluding hydrogens is 275 g/mol. The molecule has 20 heavy (non-hydrogen) atoms. The van der Waals surface area contributed by atoms with Crippen molar-refractivity contribution in [2.45, 2.75) is 30.5 Å². The summed E-state index contributed by atoms with van der Waals surface area (Å²) in [6, 6.07) is 1.02. The molecule has 4 N–H and O–H groups in total. The summed E-state index contributed by atoms with van der Waals surface area (Å²) in [5.74, 6) is 0. The number of aliphatic hydroxyl groups excluding tert-OH is 2. The van der Waals surface area contributed by atoms with Crippen LogP contribution in [0.5, 0.6) is 0 Å². The summed E-state index contributed by atoms with van der Waals surface area (Å²) < 4.78 is 19.1. The minimum Gasteiger partial charge on any atom is -0.393 e. The fourth-order valence-corrected chi connectivity index (χ4v) is 2.29. The molecule has 2 heterocycles. The second-order valence-electron chi connectivity index (χ2n) is 4.97.